The van der Waals surface area contributed by atoms with Gasteiger partial charge in [-0.05, 0) is 19.9 Å². The Kier molecular flexibility index (Phi) is 4.52. The summed E-state index contributed by atoms with van der Waals surface area (Å²) in [5.41, 5.74) is 0.773. The van der Waals surface area contributed by atoms with E-state index in [0.29, 0.717) is 0 Å². The minimum absolute atomic E-state index is 0. The first-order valence-corrected chi connectivity index (χ1v) is 3.74. The molecule has 1 aromatic rings. The normalized spacial score (nSPS) is 8.83. The van der Waals surface area contributed by atoms with Crippen LogP contribution in [0.25, 0.3) is 0 Å². The summed E-state index contributed by atoms with van der Waals surface area (Å²) in [6, 6.07) is 3.72. The molecule has 3 heteroatoms. The van der Waals surface area contributed by atoms with Gasteiger partial charge in [-0.25, -0.2) is 4.57 Å². The van der Waals surface area contributed by atoms with E-state index >= 15 is 0 Å². The average Bonchev–Trinajstić information content (AvgIpc) is 2.05. The number of carbonyl (C=O) groups excluding carboxylic acids is 1. The van der Waals surface area contributed by atoms with Crippen molar-refractivity contribution in [3.8, 4) is 0 Å². The Bertz CT molecular complexity index is 273. The molecule has 1 heterocycles. The quantitative estimate of drug-likeness (QED) is 0.394. The van der Waals surface area contributed by atoms with Gasteiger partial charge in [0.15, 0.2) is 18.2 Å². The molecule has 0 unspecified atom stereocenters. The number of ketones is 1. The zero-order valence-corrected chi connectivity index (χ0v) is 8.01. The summed E-state index contributed by atoms with van der Waals surface area (Å²) in [5, 5.41) is 0. The van der Waals surface area contributed by atoms with Gasteiger partial charge in [0.1, 0.15) is 6.54 Å². The SMILES string of the molecule is CC[n+]1cccc(C(C)=O)c1.[Cl-]. The standard InChI is InChI=1S/C9H12NO.ClH/c1-3-10-6-4-5-9(7-10)8(2)11;/h4-7H,3H2,1-2H3;1H/q+1;/p-1. The fourth-order valence-electron chi connectivity index (χ4n) is 0.927. The van der Waals surface area contributed by atoms with Crippen LogP contribution in [-0.4, -0.2) is 5.78 Å². The van der Waals surface area contributed by atoms with E-state index in [1.54, 1.807) is 6.92 Å². The zero-order chi connectivity index (χ0) is 8.27. The van der Waals surface area contributed by atoms with E-state index in [0.717, 1.165) is 12.1 Å². The first-order chi connectivity index (χ1) is 5.24. The van der Waals surface area contributed by atoms with Gasteiger partial charge in [0, 0.05) is 6.07 Å². The van der Waals surface area contributed by atoms with Gasteiger partial charge in [0.05, 0.1) is 5.56 Å². The molecule has 0 aliphatic carbocycles. The molecule has 1 aromatic heterocycles. The molecule has 0 N–H and O–H groups in total. The van der Waals surface area contributed by atoms with Crippen molar-refractivity contribution >= 4 is 5.78 Å². The van der Waals surface area contributed by atoms with Crippen molar-refractivity contribution in [2.45, 2.75) is 20.4 Å². The van der Waals surface area contributed by atoms with E-state index in [-0.39, 0.29) is 18.2 Å². The second-order valence-corrected chi connectivity index (χ2v) is 2.48. The Morgan fingerprint density at radius 1 is 1.58 bits per heavy atom. The molecule has 0 amide bonds. The Morgan fingerprint density at radius 2 is 2.25 bits per heavy atom. The molecule has 0 fully saturated rings. The van der Waals surface area contributed by atoms with Crippen LogP contribution in [0.2, 0.25) is 0 Å². The van der Waals surface area contributed by atoms with Gasteiger partial charge in [-0.15, -0.1) is 0 Å². The molecule has 0 bridgehead atoms. The fourth-order valence-corrected chi connectivity index (χ4v) is 0.927. The van der Waals surface area contributed by atoms with Gasteiger partial charge in [-0.1, -0.05) is 0 Å². The van der Waals surface area contributed by atoms with Crippen LogP contribution in [0, 0.1) is 0 Å². The largest absolute Gasteiger partial charge is 1.00 e. The lowest BCUT2D eigenvalue weighted by atomic mass is 10.2. The summed E-state index contributed by atoms with van der Waals surface area (Å²) < 4.78 is 1.98. The van der Waals surface area contributed by atoms with Crippen LogP contribution >= 0.6 is 0 Å². The third kappa shape index (κ3) is 2.62. The second-order valence-electron chi connectivity index (χ2n) is 2.48. The molecule has 1 rings (SSSR count). The molecule has 66 valence electrons. The highest BCUT2D eigenvalue weighted by molar-refractivity contribution is 5.93. The number of aryl methyl sites for hydroxylation is 1. The van der Waals surface area contributed by atoms with Crippen molar-refractivity contribution in [2.75, 3.05) is 0 Å². The van der Waals surface area contributed by atoms with Crippen molar-refractivity contribution in [3.63, 3.8) is 0 Å². The minimum atomic E-state index is 0. The van der Waals surface area contributed by atoms with Crippen molar-refractivity contribution in [1.29, 1.82) is 0 Å². The molecule has 0 radical (unpaired) electrons. The summed E-state index contributed by atoms with van der Waals surface area (Å²) in [4.78, 5) is 10.9. The monoisotopic (exact) mass is 185 g/mol. The fraction of sp³-hybridized carbons (Fsp3) is 0.333. The molecule has 0 spiro atoms. The van der Waals surface area contributed by atoms with Crippen LogP contribution in [0.3, 0.4) is 0 Å². The van der Waals surface area contributed by atoms with Gasteiger partial charge in [-0.2, -0.15) is 0 Å². The van der Waals surface area contributed by atoms with Gasteiger partial charge in [0.2, 0.25) is 0 Å². The molecule has 2 nitrogen and oxygen atoms in total. The highest BCUT2D eigenvalue weighted by Crippen LogP contribution is 1.94. The van der Waals surface area contributed by atoms with Crippen LogP contribution in [0.1, 0.15) is 24.2 Å². The van der Waals surface area contributed by atoms with Crippen LogP contribution in [0.15, 0.2) is 24.5 Å². The predicted molar refractivity (Wildman–Crippen MR) is 42.3 cm³/mol. The number of pyridine rings is 1. The van der Waals surface area contributed by atoms with Crippen LogP contribution in [0.4, 0.5) is 0 Å². The highest BCUT2D eigenvalue weighted by atomic mass is 35.5. The van der Waals surface area contributed by atoms with Gasteiger partial charge in [-0.3, -0.25) is 4.79 Å². The molecule has 0 aromatic carbocycles. The number of hydrogen-bond donors (Lipinski definition) is 0. The topological polar surface area (TPSA) is 20.9 Å². The highest BCUT2D eigenvalue weighted by Gasteiger charge is 2.03. The van der Waals surface area contributed by atoms with Crippen LogP contribution < -0.4 is 17.0 Å². The summed E-state index contributed by atoms with van der Waals surface area (Å²) in [7, 11) is 0. The third-order valence-electron chi connectivity index (χ3n) is 1.63. The molecule has 12 heavy (non-hydrogen) atoms. The van der Waals surface area contributed by atoms with Crippen molar-refractivity contribution in [3.05, 3.63) is 30.1 Å². The molecule has 0 aliphatic heterocycles. The van der Waals surface area contributed by atoms with E-state index in [9.17, 15) is 4.79 Å². The van der Waals surface area contributed by atoms with Crippen molar-refractivity contribution < 1.29 is 21.8 Å². The Morgan fingerprint density at radius 3 is 2.75 bits per heavy atom. The summed E-state index contributed by atoms with van der Waals surface area (Å²) in [5.74, 6) is 0.118. The first-order valence-electron chi connectivity index (χ1n) is 3.74. The molecular weight excluding hydrogens is 174 g/mol. The Labute approximate surface area is 78.6 Å². The van der Waals surface area contributed by atoms with Crippen LogP contribution in [0.5, 0.6) is 0 Å². The second kappa shape index (κ2) is 4.88. The van der Waals surface area contributed by atoms with E-state index in [2.05, 4.69) is 0 Å². The van der Waals surface area contributed by atoms with Gasteiger partial charge >= 0.3 is 0 Å². The number of hydrogen-bond acceptors (Lipinski definition) is 1. The summed E-state index contributed by atoms with van der Waals surface area (Å²) in [6.07, 6.45) is 3.81. The number of nitrogens with zero attached hydrogens (tertiary/aromatic N) is 1. The van der Waals surface area contributed by atoms with Crippen LogP contribution in [-0.2, 0) is 6.54 Å². The maximum Gasteiger partial charge on any atom is 0.179 e. The number of aromatic nitrogens is 1. The number of Topliss-reactive ketones (excluding diaryl/α,β-unsaturated/α-hetero) is 1. The van der Waals surface area contributed by atoms with Crippen molar-refractivity contribution in [2.24, 2.45) is 0 Å². The maximum atomic E-state index is 10.9. The van der Waals surface area contributed by atoms with E-state index in [1.807, 2.05) is 36.0 Å². The lowest BCUT2D eigenvalue weighted by molar-refractivity contribution is -0.693. The zero-order valence-electron chi connectivity index (χ0n) is 7.25. The predicted octanol–water partition coefficient (Wildman–Crippen LogP) is -1.80. The molecule has 0 saturated heterocycles. The summed E-state index contributed by atoms with van der Waals surface area (Å²) in [6.45, 7) is 4.53. The molecule has 0 saturated carbocycles. The first kappa shape index (κ1) is 11.1. The minimum Gasteiger partial charge on any atom is -1.00 e. The Hall–Kier alpha value is -0.890. The van der Waals surface area contributed by atoms with Crippen molar-refractivity contribution in [1.82, 2.24) is 0 Å². The van der Waals surface area contributed by atoms with E-state index in [1.165, 1.54) is 0 Å². The van der Waals surface area contributed by atoms with Gasteiger partial charge in [0.25, 0.3) is 0 Å². The van der Waals surface area contributed by atoms with E-state index in [4.69, 9.17) is 0 Å². The molecule has 0 aliphatic rings. The average molecular weight is 186 g/mol. The smallest absolute Gasteiger partial charge is 0.179 e. The maximum absolute atomic E-state index is 10.9. The molecule has 0 atom stereocenters. The Balaban J connectivity index is 0.00000121. The number of rotatable bonds is 2. The van der Waals surface area contributed by atoms with Gasteiger partial charge < -0.3 is 12.4 Å². The lowest BCUT2D eigenvalue weighted by Gasteiger charge is -1.93. The van der Waals surface area contributed by atoms with E-state index < -0.39 is 0 Å². The summed E-state index contributed by atoms with van der Waals surface area (Å²) >= 11 is 0. The number of halogens is 1. The number of carbonyl (C=O) groups is 1. The third-order valence-corrected chi connectivity index (χ3v) is 1.63. The lowest BCUT2D eigenvalue weighted by Crippen LogP contribution is -3.00. The molecular formula is C9H12ClNO.